The van der Waals surface area contributed by atoms with E-state index in [1.165, 1.54) is 18.9 Å². The number of amides is 1. The Morgan fingerprint density at radius 2 is 2.06 bits per heavy atom. The topological polar surface area (TPSA) is 86.4 Å². The van der Waals surface area contributed by atoms with Gasteiger partial charge in [-0.25, -0.2) is 4.98 Å². The Kier molecular flexibility index (Phi) is 6.95. The number of halogens is 1. The highest BCUT2D eigenvalue weighted by molar-refractivity contribution is 7.99. The molecule has 0 spiro atoms. The molecule has 0 saturated heterocycles. The van der Waals surface area contributed by atoms with Gasteiger partial charge in [0.2, 0.25) is 11.5 Å². The third-order valence-electron chi connectivity index (χ3n) is 5.15. The molecule has 0 atom stereocenters. The minimum atomic E-state index is -0.262. The van der Waals surface area contributed by atoms with Crippen LogP contribution in [-0.2, 0) is 11.3 Å². The van der Waals surface area contributed by atoms with Crippen molar-refractivity contribution >= 4 is 57.0 Å². The van der Waals surface area contributed by atoms with Crippen molar-refractivity contribution in [2.45, 2.75) is 32.0 Å². The van der Waals surface area contributed by atoms with E-state index < -0.39 is 0 Å². The highest BCUT2D eigenvalue weighted by Crippen LogP contribution is 2.29. The van der Waals surface area contributed by atoms with Crippen molar-refractivity contribution in [1.29, 1.82) is 0 Å². The van der Waals surface area contributed by atoms with Gasteiger partial charge in [-0.2, -0.15) is 0 Å². The maximum atomic E-state index is 13.3. The van der Waals surface area contributed by atoms with Gasteiger partial charge in [0.1, 0.15) is 16.8 Å². The first kappa shape index (κ1) is 23.2. The Balaban J connectivity index is 1.65. The number of aromatic nitrogens is 2. The number of nitrogens with zero attached hydrogens (tertiary/aromatic N) is 2. The number of fused-ring (bicyclic) bond motifs is 3. The van der Waals surface area contributed by atoms with Gasteiger partial charge in [0.05, 0.1) is 18.6 Å². The Morgan fingerprint density at radius 1 is 1.27 bits per heavy atom. The van der Waals surface area contributed by atoms with Crippen LogP contribution < -0.4 is 15.6 Å². The van der Waals surface area contributed by atoms with Crippen LogP contribution in [0.25, 0.3) is 22.1 Å². The first-order chi connectivity index (χ1) is 15.9. The maximum Gasteiger partial charge on any atom is 0.297 e. The summed E-state index contributed by atoms with van der Waals surface area (Å²) in [6.45, 7) is 4.68. The van der Waals surface area contributed by atoms with E-state index in [2.05, 4.69) is 19.2 Å². The van der Waals surface area contributed by atoms with Crippen molar-refractivity contribution < 1.29 is 13.9 Å². The van der Waals surface area contributed by atoms with E-state index in [9.17, 15) is 9.59 Å². The SMILES string of the molecule is COc1ccc(Cl)cc1NC(=O)CSc1nc2c(oc3ccccc32)c(=O)n1CCC(C)C. The highest BCUT2D eigenvalue weighted by atomic mass is 35.5. The largest absolute Gasteiger partial charge is 0.495 e. The van der Waals surface area contributed by atoms with Crippen molar-refractivity contribution in [1.82, 2.24) is 9.55 Å². The van der Waals surface area contributed by atoms with Crippen molar-refractivity contribution in [2.24, 2.45) is 5.92 Å². The first-order valence-corrected chi connectivity index (χ1v) is 11.9. The van der Waals surface area contributed by atoms with Crippen molar-refractivity contribution in [3.63, 3.8) is 0 Å². The Hall–Kier alpha value is -2.97. The van der Waals surface area contributed by atoms with Gasteiger partial charge in [-0.1, -0.05) is 49.3 Å². The van der Waals surface area contributed by atoms with Gasteiger partial charge in [-0.05, 0) is 42.7 Å². The predicted octanol–water partition coefficient (Wildman–Crippen LogP) is 5.58. The van der Waals surface area contributed by atoms with Crippen LogP contribution in [-0.4, -0.2) is 28.3 Å². The summed E-state index contributed by atoms with van der Waals surface area (Å²) in [6, 6.07) is 12.4. The summed E-state index contributed by atoms with van der Waals surface area (Å²) in [5, 5.41) is 4.56. The quantitative estimate of drug-likeness (QED) is 0.259. The average Bonchev–Trinajstić information content (AvgIpc) is 3.16. The summed E-state index contributed by atoms with van der Waals surface area (Å²) in [5.41, 5.74) is 1.60. The fraction of sp³-hybridized carbons (Fsp3) is 0.292. The average molecular weight is 486 g/mol. The molecule has 0 fully saturated rings. The second kappa shape index (κ2) is 9.89. The van der Waals surface area contributed by atoms with E-state index >= 15 is 0 Å². The molecule has 0 aliphatic rings. The number of rotatable bonds is 8. The normalized spacial score (nSPS) is 11.4. The minimum Gasteiger partial charge on any atom is -0.495 e. The molecule has 1 amide bonds. The number of methoxy groups -OCH3 is 1. The summed E-state index contributed by atoms with van der Waals surface area (Å²) >= 11 is 7.26. The zero-order valence-electron chi connectivity index (χ0n) is 18.6. The number of hydrogen-bond acceptors (Lipinski definition) is 6. The van der Waals surface area contributed by atoms with Crippen LogP contribution in [0.2, 0.25) is 5.02 Å². The molecule has 172 valence electrons. The van der Waals surface area contributed by atoms with Crippen LogP contribution in [0.3, 0.4) is 0 Å². The second-order valence-corrected chi connectivity index (χ2v) is 9.37. The van der Waals surface area contributed by atoms with Crippen LogP contribution >= 0.6 is 23.4 Å². The monoisotopic (exact) mass is 485 g/mol. The molecule has 0 aliphatic carbocycles. The number of ether oxygens (including phenoxy) is 1. The molecule has 2 aromatic carbocycles. The number of thioether (sulfide) groups is 1. The molecule has 0 radical (unpaired) electrons. The van der Waals surface area contributed by atoms with Gasteiger partial charge < -0.3 is 14.5 Å². The lowest BCUT2D eigenvalue weighted by Gasteiger charge is -2.13. The third-order valence-corrected chi connectivity index (χ3v) is 6.36. The molecule has 1 N–H and O–H groups in total. The maximum absolute atomic E-state index is 13.3. The Labute approximate surface area is 200 Å². The number of hydrogen-bond donors (Lipinski definition) is 1. The molecule has 2 aromatic heterocycles. The van der Waals surface area contributed by atoms with E-state index in [-0.39, 0.29) is 22.8 Å². The summed E-state index contributed by atoms with van der Waals surface area (Å²) in [4.78, 5) is 30.7. The smallest absolute Gasteiger partial charge is 0.297 e. The fourth-order valence-electron chi connectivity index (χ4n) is 3.44. The number of anilines is 1. The van der Waals surface area contributed by atoms with Gasteiger partial charge >= 0.3 is 0 Å². The second-order valence-electron chi connectivity index (χ2n) is 7.99. The molecular weight excluding hydrogens is 462 g/mol. The van der Waals surface area contributed by atoms with Gasteiger partial charge in [0.25, 0.3) is 5.56 Å². The summed E-state index contributed by atoms with van der Waals surface area (Å²) < 4.78 is 12.7. The van der Waals surface area contributed by atoms with E-state index in [1.807, 2.05) is 24.3 Å². The van der Waals surface area contributed by atoms with E-state index in [0.717, 1.165) is 11.8 Å². The number of furan rings is 1. The molecule has 0 aliphatic heterocycles. The van der Waals surface area contributed by atoms with Crippen molar-refractivity contribution in [3.05, 3.63) is 57.8 Å². The van der Waals surface area contributed by atoms with Crippen molar-refractivity contribution in [3.8, 4) is 5.75 Å². The van der Waals surface area contributed by atoms with E-state index in [0.29, 0.717) is 45.2 Å². The van der Waals surface area contributed by atoms with Crippen LogP contribution in [0.4, 0.5) is 5.69 Å². The molecule has 0 saturated carbocycles. The molecule has 0 bridgehead atoms. The lowest BCUT2D eigenvalue weighted by atomic mass is 10.1. The molecule has 2 heterocycles. The molecule has 7 nitrogen and oxygen atoms in total. The summed E-state index contributed by atoms with van der Waals surface area (Å²) in [7, 11) is 1.52. The number of benzene rings is 2. The van der Waals surface area contributed by atoms with Crippen LogP contribution in [0.5, 0.6) is 5.75 Å². The van der Waals surface area contributed by atoms with Gasteiger partial charge in [-0.15, -0.1) is 0 Å². The molecule has 4 aromatic rings. The standard InChI is InChI=1S/C24H24ClN3O4S/c1-14(2)10-11-28-23(30)22-21(16-6-4-5-7-18(16)32-22)27-24(28)33-13-20(29)26-17-12-15(25)8-9-19(17)31-3/h4-9,12,14H,10-11,13H2,1-3H3,(H,26,29). The van der Waals surface area contributed by atoms with Crippen molar-refractivity contribution in [2.75, 3.05) is 18.2 Å². The van der Waals surface area contributed by atoms with Crippen LogP contribution in [0.1, 0.15) is 20.3 Å². The summed E-state index contributed by atoms with van der Waals surface area (Å²) in [6.07, 6.45) is 0.798. The lowest BCUT2D eigenvalue weighted by molar-refractivity contribution is -0.113. The number of carbonyl (C=O) groups is 1. The molecule has 0 unspecified atom stereocenters. The zero-order valence-corrected chi connectivity index (χ0v) is 20.1. The first-order valence-electron chi connectivity index (χ1n) is 10.6. The minimum absolute atomic E-state index is 0.0606. The Morgan fingerprint density at radius 3 is 2.82 bits per heavy atom. The number of para-hydroxylation sites is 1. The highest BCUT2D eigenvalue weighted by Gasteiger charge is 2.19. The van der Waals surface area contributed by atoms with Crippen LogP contribution in [0, 0.1) is 5.92 Å². The van der Waals surface area contributed by atoms with Crippen LogP contribution in [0.15, 0.2) is 56.8 Å². The lowest BCUT2D eigenvalue weighted by Crippen LogP contribution is -2.24. The zero-order chi connectivity index (χ0) is 23.5. The predicted molar refractivity (Wildman–Crippen MR) is 133 cm³/mol. The third kappa shape index (κ3) is 5.02. The molecular formula is C24H24ClN3O4S. The van der Waals surface area contributed by atoms with E-state index in [4.69, 9.17) is 25.7 Å². The Bertz CT molecular complexity index is 1380. The number of carbonyl (C=O) groups excluding carboxylic acids is 1. The molecule has 33 heavy (non-hydrogen) atoms. The van der Waals surface area contributed by atoms with Gasteiger partial charge in [0, 0.05) is 17.0 Å². The molecule has 4 rings (SSSR count). The molecule has 9 heteroatoms. The number of nitrogens with one attached hydrogen (secondary N) is 1. The van der Waals surface area contributed by atoms with E-state index in [1.54, 1.807) is 22.8 Å². The van der Waals surface area contributed by atoms with Gasteiger partial charge in [-0.3, -0.25) is 14.2 Å². The summed E-state index contributed by atoms with van der Waals surface area (Å²) in [5.74, 6) is 0.712. The fourth-order valence-corrected chi connectivity index (χ4v) is 4.43. The van der Waals surface area contributed by atoms with Gasteiger partial charge in [0.15, 0.2) is 5.16 Å².